The maximum Gasteiger partial charge on any atom is 0.269 e. The third-order valence-corrected chi connectivity index (χ3v) is 3.88. The van der Waals surface area contributed by atoms with Gasteiger partial charge in [-0.05, 0) is 37.1 Å². The van der Waals surface area contributed by atoms with E-state index in [1.165, 1.54) is 0 Å². The quantitative estimate of drug-likeness (QED) is 0.720. The smallest absolute Gasteiger partial charge is 0.269 e. The lowest BCUT2D eigenvalue weighted by Gasteiger charge is -2.22. The van der Waals surface area contributed by atoms with Crippen LogP contribution in [0.2, 0.25) is 0 Å². The van der Waals surface area contributed by atoms with E-state index >= 15 is 0 Å². The molecule has 6 heteroatoms. The molecular weight excluding hydrogens is 330 g/mol. The van der Waals surface area contributed by atoms with Gasteiger partial charge in [0.25, 0.3) is 17.7 Å². The Kier molecular flexibility index (Phi) is 6.49. The van der Waals surface area contributed by atoms with Crippen molar-refractivity contribution in [3.63, 3.8) is 0 Å². The molecule has 0 aliphatic heterocycles. The molecule has 136 valence electrons. The Morgan fingerprint density at radius 3 is 1.92 bits per heavy atom. The first-order chi connectivity index (χ1) is 12.4. The summed E-state index contributed by atoms with van der Waals surface area (Å²) in [5.41, 5.74) is 6.69. The van der Waals surface area contributed by atoms with Gasteiger partial charge in [0, 0.05) is 11.1 Å². The summed E-state index contributed by atoms with van der Waals surface area (Å²) >= 11 is 0. The van der Waals surface area contributed by atoms with E-state index in [4.69, 9.17) is 0 Å². The Morgan fingerprint density at radius 1 is 0.769 bits per heavy atom. The minimum atomic E-state index is -0.778. The first-order valence-electron chi connectivity index (χ1n) is 8.41. The van der Waals surface area contributed by atoms with Gasteiger partial charge in [0.2, 0.25) is 0 Å². The number of benzene rings is 2. The Hall–Kier alpha value is -3.15. The maximum atomic E-state index is 12.4. The third-order valence-electron chi connectivity index (χ3n) is 3.88. The van der Waals surface area contributed by atoms with Crippen LogP contribution in [0.5, 0.6) is 0 Å². The fourth-order valence-electron chi connectivity index (χ4n) is 2.32. The molecule has 0 radical (unpaired) electrons. The summed E-state index contributed by atoms with van der Waals surface area (Å²) in [5, 5.41) is 2.71. The van der Waals surface area contributed by atoms with Gasteiger partial charge in [-0.15, -0.1) is 0 Å². The van der Waals surface area contributed by atoms with E-state index in [0.717, 1.165) is 5.56 Å². The molecule has 0 unspecified atom stereocenters. The van der Waals surface area contributed by atoms with Gasteiger partial charge in [-0.25, -0.2) is 0 Å². The lowest BCUT2D eigenvalue weighted by Crippen LogP contribution is -2.54. The van der Waals surface area contributed by atoms with Crippen molar-refractivity contribution in [3.05, 3.63) is 71.3 Å². The molecule has 0 fully saturated rings. The summed E-state index contributed by atoms with van der Waals surface area (Å²) in [4.78, 5) is 36.8. The van der Waals surface area contributed by atoms with Crippen molar-refractivity contribution >= 4 is 17.7 Å². The minimum absolute atomic E-state index is 0.155. The summed E-state index contributed by atoms with van der Waals surface area (Å²) in [6.45, 7) is 5.57. The van der Waals surface area contributed by atoms with Crippen molar-refractivity contribution in [1.29, 1.82) is 0 Å². The van der Waals surface area contributed by atoms with Gasteiger partial charge in [-0.2, -0.15) is 0 Å². The van der Waals surface area contributed by atoms with Crippen LogP contribution in [-0.2, 0) is 4.79 Å². The zero-order valence-corrected chi connectivity index (χ0v) is 15.1. The van der Waals surface area contributed by atoms with E-state index in [-0.39, 0.29) is 11.8 Å². The van der Waals surface area contributed by atoms with E-state index in [0.29, 0.717) is 11.1 Å². The number of hydrogen-bond acceptors (Lipinski definition) is 3. The van der Waals surface area contributed by atoms with Crippen molar-refractivity contribution in [1.82, 2.24) is 16.2 Å². The molecule has 2 aromatic rings. The lowest BCUT2D eigenvalue weighted by atomic mass is 10.0. The largest absolute Gasteiger partial charge is 0.340 e. The molecule has 0 aliphatic rings. The SMILES string of the molecule is Cc1ccc(C(=O)N[C@H](C(=O)NNC(=O)c2ccccc2)C(C)C)cc1. The second kappa shape index (κ2) is 8.80. The third kappa shape index (κ3) is 5.17. The molecule has 3 N–H and O–H groups in total. The van der Waals surface area contributed by atoms with E-state index in [1.807, 2.05) is 32.9 Å². The highest BCUT2D eigenvalue weighted by Crippen LogP contribution is 2.07. The minimum Gasteiger partial charge on any atom is -0.340 e. The fourth-order valence-corrected chi connectivity index (χ4v) is 2.32. The fraction of sp³-hybridized carbons (Fsp3) is 0.250. The van der Waals surface area contributed by atoms with Gasteiger partial charge in [0.15, 0.2) is 0 Å². The molecule has 1 atom stereocenters. The van der Waals surface area contributed by atoms with Crippen LogP contribution in [0.1, 0.15) is 40.1 Å². The standard InChI is InChI=1S/C20H23N3O3/c1-13(2)17(21-18(24)16-11-9-14(3)10-12-16)20(26)23-22-19(25)15-7-5-4-6-8-15/h4-13,17H,1-3H3,(H,21,24)(H,22,25)(H,23,26)/t17-/m0/s1. The van der Waals surface area contributed by atoms with E-state index < -0.39 is 17.9 Å². The average molecular weight is 353 g/mol. The summed E-state index contributed by atoms with van der Waals surface area (Å²) < 4.78 is 0. The van der Waals surface area contributed by atoms with Crippen molar-refractivity contribution in [2.45, 2.75) is 26.8 Å². The zero-order valence-electron chi connectivity index (χ0n) is 15.1. The molecule has 0 bridgehead atoms. The van der Waals surface area contributed by atoms with Gasteiger partial charge in [0.05, 0.1) is 0 Å². The highest BCUT2D eigenvalue weighted by atomic mass is 16.2. The van der Waals surface area contributed by atoms with Crippen molar-refractivity contribution in [3.8, 4) is 0 Å². The van der Waals surface area contributed by atoms with Gasteiger partial charge < -0.3 is 5.32 Å². The molecular formula is C20H23N3O3. The van der Waals surface area contributed by atoms with Gasteiger partial charge in [0.1, 0.15) is 6.04 Å². The molecule has 0 saturated carbocycles. The number of carbonyl (C=O) groups excluding carboxylic acids is 3. The molecule has 0 spiro atoms. The topological polar surface area (TPSA) is 87.3 Å². The summed E-state index contributed by atoms with van der Waals surface area (Å²) in [7, 11) is 0. The van der Waals surface area contributed by atoms with Gasteiger partial charge in [-0.1, -0.05) is 49.7 Å². The predicted molar refractivity (Wildman–Crippen MR) is 99.3 cm³/mol. The number of carbonyl (C=O) groups is 3. The van der Waals surface area contributed by atoms with Crippen LogP contribution in [0.25, 0.3) is 0 Å². The Morgan fingerprint density at radius 2 is 1.35 bits per heavy atom. The molecule has 26 heavy (non-hydrogen) atoms. The van der Waals surface area contributed by atoms with E-state index in [9.17, 15) is 14.4 Å². The second-order valence-electron chi connectivity index (χ2n) is 6.37. The van der Waals surface area contributed by atoms with Crippen molar-refractivity contribution < 1.29 is 14.4 Å². The first-order valence-corrected chi connectivity index (χ1v) is 8.41. The van der Waals surface area contributed by atoms with Gasteiger partial charge >= 0.3 is 0 Å². The van der Waals surface area contributed by atoms with Crippen LogP contribution in [-0.4, -0.2) is 23.8 Å². The number of amides is 3. The number of rotatable bonds is 5. The molecule has 0 aromatic heterocycles. The Balaban J connectivity index is 1.97. The van der Waals surface area contributed by atoms with Crippen LogP contribution in [0, 0.1) is 12.8 Å². The highest BCUT2D eigenvalue weighted by Gasteiger charge is 2.25. The normalized spacial score (nSPS) is 11.5. The lowest BCUT2D eigenvalue weighted by molar-refractivity contribution is -0.124. The van der Waals surface area contributed by atoms with Gasteiger partial charge in [-0.3, -0.25) is 25.2 Å². The zero-order chi connectivity index (χ0) is 19.1. The number of nitrogens with one attached hydrogen (secondary N) is 3. The molecule has 3 amide bonds. The Labute approximate surface area is 153 Å². The molecule has 6 nitrogen and oxygen atoms in total. The average Bonchev–Trinajstić information content (AvgIpc) is 2.64. The summed E-state index contributed by atoms with van der Waals surface area (Å²) in [5.74, 6) is -1.40. The van der Waals surface area contributed by atoms with Crippen LogP contribution in [0.4, 0.5) is 0 Å². The van der Waals surface area contributed by atoms with Crippen molar-refractivity contribution in [2.75, 3.05) is 0 Å². The summed E-state index contributed by atoms with van der Waals surface area (Å²) in [6, 6.07) is 14.8. The molecule has 0 saturated heterocycles. The van der Waals surface area contributed by atoms with Crippen molar-refractivity contribution in [2.24, 2.45) is 5.92 Å². The Bertz CT molecular complexity index is 771. The van der Waals surface area contributed by atoms with Crippen LogP contribution >= 0.6 is 0 Å². The van der Waals surface area contributed by atoms with E-state index in [2.05, 4.69) is 16.2 Å². The first kappa shape index (κ1) is 19.2. The molecule has 2 rings (SSSR count). The monoisotopic (exact) mass is 353 g/mol. The number of hydrogen-bond donors (Lipinski definition) is 3. The molecule has 0 heterocycles. The summed E-state index contributed by atoms with van der Waals surface area (Å²) in [6.07, 6.45) is 0. The van der Waals surface area contributed by atoms with Crippen LogP contribution in [0.15, 0.2) is 54.6 Å². The number of hydrazine groups is 1. The second-order valence-corrected chi connectivity index (χ2v) is 6.37. The highest BCUT2D eigenvalue weighted by molar-refractivity contribution is 5.99. The van der Waals surface area contributed by atoms with Crippen LogP contribution < -0.4 is 16.2 Å². The van der Waals surface area contributed by atoms with E-state index in [1.54, 1.807) is 42.5 Å². The predicted octanol–water partition coefficient (Wildman–Crippen LogP) is 2.21. The molecule has 2 aromatic carbocycles. The van der Waals surface area contributed by atoms with Crippen LogP contribution in [0.3, 0.4) is 0 Å². The maximum absolute atomic E-state index is 12.4. The number of aryl methyl sites for hydroxylation is 1. The molecule has 0 aliphatic carbocycles.